The van der Waals surface area contributed by atoms with Crippen molar-refractivity contribution < 1.29 is 51.8 Å². The van der Waals surface area contributed by atoms with Crippen molar-refractivity contribution in [2.45, 2.75) is 262 Å². The van der Waals surface area contributed by atoms with Crippen molar-refractivity contribution in [3.8, 4) is 0 Å². The fraction of sp³-hybridized carbons (Fsp3) is 0.896. The first-order chi connectivity index (χ1) is 29.5. The van der Waals surface area contributed by atoms with Crippen LogP contribution in [-0.2, 0) is 28.9 Å². The highest BCUT2D eigenvalue weighted by Crippen LogP contribution is 2.26. The minimum absolute atomic E-state index is 0.263. The van der Waals surface area contributed by atoms with Crippen LogP contribution in [0.5, 0.6) is 0 Å². The van der Waals surface area contributed by atoms with Crippen LogP contribution in [0, 0.1) is 0 Å². The summed E-state index contributed by atoms with van der Waals surface area (Å²) in [4.78, 5) is 13.0. The fourth-order valence-corrected chi connectivity index (χ4v) is 8.37. The SMILES string of the molecule is CCCCCCCC/C=C\CCCCCCCCCCCCCC(=O)NC(CO[C@@H]1OC(CO)[C@H](O)[C@H](OS(=O)(=O)O)C1O)[C@H](O)/C=C/CCCCCCCCCCCCC. The van der Waals surface area contributed by atoms with E-state index in [1.54, 1.807) is 6.08 Å². The van der Waals surface area contributed by atoms with E-state index >= 15 is 0 Å². The van der Waals surface area contributed by atoms with E-state index in [4.69, 9.17) is 9.47 Å². The lowest BCUT2D eigenvalue weighted by atomic mass is 9.99. The summed E-state index contributed by atoms with van der Waals surface area (Å²) >= 11 is 0. The topological polar surface area (TPSA) is 192 Å². The van der Waals surface area contributed by atoms with E-state index in [1.165, 1.54) is 154 Å². The number of aliphatic hydroxyl groups is 4. The molecule has 61 heavy (non-hydrogen) atoms. The van der Waals surface area contributed by atoms with Gasteiger partial charge in [-0.3, -0.25) is 9.35 Å². The molecule has 0 saturated carbocycles. The molecule has 1 aliphatic rings. The number of carbonyl (C=O) groups is 1. The van der Waals surface area contributed by atoms with E-state index in [2.05, 4.69) is 35.5 Å². The molecule has 0 bridgehead atoms. The Morgan fingerprint density at radius 1 is 0.639 bits per heavy atom. The van der Waals surface area contributed by atoms with Crippen LogP contribution in [0.15, 0.2) is 24.3 Å². The minimum atomic E-state index is -5.08. The van der Waals surface area contributed by atoms with E-state index in [9.17, 15) is 38.2 Å². The molecule has 1 rings (SSSR count). The number of amides is 1. The van der Waals surface area contributed by atoms with Crippen molar-refractivity contribution in [3.05, 3.63) is 24.3 Å². The van der Waals surface area contributed by atoms with Crippen molar-refractivity contribution in [1.29, 1.82) is 0 Å². The number of ether oxygens (including phenoxy) is 2. The Morgan fingerprint density at radius 3 is 1.48 bits per heavy atom. The van der Waals surface area contributed by atoms with Gasteiger partial charge in [0.25, 0.3) is 0 Å². The lowest BCUT2D eigenvalue weighted by Crippen LogP contribution is -2.61. The van der Waals surface area contributed by atoms with Crippen LogP contribution in [0.1, 0.15) is 219 Å². The summed E-state index contributed by atoms with van der Waals surface area (Å²) in [7, 11) is -5.08. The maximum absolute atomic E-state index is 13.0. The van der Waals surface area contributed by atoms with Gasteiger partial charge in [0.05, 0.1) is 25.4 Å². The van der Waals surface area contributed by atoms with E-state index < -0.39 is 59.9 Å². The van der Waals surface area contributed by atoms with Crippen LogP contribution < -0.4 is 5.32 Å². The molecule has 0 aromatic carbocycles. The molecule has 1 aliphatic heterocycles. The van der Waals surface area contributed by atoms with Crippen LogP contribution in [-0.4, -0.2) is 95.4 Å². The number of hydrogen-bond acceptors (Lipinski definition) is 10. The molecule has 0 radical (unpaired) electrons. The third-order valence-corrected chi connectivity index (χ3v) is 12.2. The Balaban J connectivity index is 2.44. The highest BCUT2D eigenvalue weighted by atomic mass is 32.3. The maximum Gasteiger partial charge on any atom is 0.397 e. The monoisotopic (exact) mass is 890 g/mol. The molecule has 0 spiro atoms. The van der Waals surface area contributed by atoms with E-state index in [-0.39, 0.29) is 18.9 Å². The Hall–Kier alpha value is -1.42. The number of nitrogens with one attached hydrogen (secondary N) is 1. The van der Waals surface area contributed by atoms with Crippen molar-refractivity contribution in [2.24, 2.45) is 0 Å². The van der Waals surface area contributed by atoms with Crippen molar-refractivity contribution in [3.63, 3.8) is 0 Å². The first kappa shape index (κ1) is 57.6. The molecule has 0 aliphatic carbocycles. The first-order valence-electron chi connectivity index (χ1n) is 24.7. The van der Waals surface area contributed by atoms with Gasteiger partial charge in [0, 0.05) is 6.42 Å². The molecule has 6 N–H and O–H groups in total. The zero-order valence-electron chi connectivity index (χ0n) is 38.5. The van der Waals surface area contributed by atoms with Crippen LogP contribution in [0.2, 0.25) is 0 Å². The molecule has 13 heteroatoms. The second-order valence-corrected chi connectivity index (χ2v) is 18.4. The van der Waals surface area contributed by atoms with Gasteiger partial charge in [-0.2, -0.15) is 8.42 Å². The highest BCUT2D eigenvalue weighted by molar-refractivity contribution is 7.80. The number of carbonyl (C=O) groups excluding carboxylic acids is 1. The lowest BCUT2D eigenvalue weighted by Gasteiger charge is -2.41. The maximum atomic E-state index is 13.0. The molecule has 0 aromatic rings. The zero-order valence-corrected chi connectivity index (χ0v) is 39.3. The van der Waals surface area contributed by atoms with Gasteiger partial charge in [0.2, 0.25) is 5.91 Å². The third kappa shape index (κ3) is 32.0. The van der Waals surface area contributed by atoms with Crippen LogP contribution in [0.25, 0.3) is 0 Å². The predicted molar refractivity (Wildman–Crippen MR) is 245 cm³/mol. The average Bonchev–Trinajstić information content (AvgIpc) is 3.23. The number of allylic oxidation sites excluding steroid dienone is 3. The molecule has 0 aromatic heterocycles. The number of unbranched alkanes of at least 4 members (excludes halogenated alkanes) is 28. The van der Waals surface area contributed by atoms with Crippen LogP contribution >= 0.6 is 0 Å². The summed E-state index contributed by atoms with van der Waals surface area (Å²) in [6.45, 7) is 3.38. The van der Waals surface area contributed by atoms with Crippen LogP contribution in [0.3, 0.4) is 0 Å². The molecule has 1 fully saturated rings. The Bertz CT molecular complexity index is 1190. The van der Waals surface area contributed by atoms with Crippen molar-refractivity contribution >= 4 is 16.3 Å². The first-order valence-corrected chi connectivity index (χ1v) is 26.1. The third-order valence-electron chi connectivity index (χ3n) is 11.7. The second kappa shape index (κ2) is 39.0. The summed E-state index contributed by atoms with van der Waals surface area (Å²) in [5, 5.41) is 44.7. The largest absolute Gasteiger partial charge is 0.397 e. The van der Waals surface area contributed by atoms with Gasteiger partial charge in [0.1, 0.15) is 24.4 Å². The van der Waals surface area contributed by atoms with Gasteiger partial charge in [0.15, 0.2) is 6.29 Å². The van der Waals surface area contributed by atoms with Gasteiger partial charge in [-0.15, -0.1) is 0 Å². The van der Waals surface area contributed by atoms with E-state index in [0.29, 0.717) is 6.42 Å². The van der Waals surface area contributed by atoms with Gasteiger partial charge < -0.3 is 35.2 Å². The van der Waals surface area contributed by atoms with Gasteiger partial charge in [-0.25, -0.2) is 4.18 Å². The standard InChI is InChI=1S/C48H91NO11S/c1-3-5-7-9-11-13-15-17-18-19-20-21-22-23-24-26-28-30-32-34-36-38-44(52)49-41(42(51)37-35-33-31-29-27-25-16-14-12-10-8-6-4-2)40-58-48-46(54)47(60-61(55,56)57)45(53)43(39-50)59-48/h17-18,35,37,41-43,45-48,50-51,53-54H,3-16,19-34,36,38-40H2,1-2H3,(H,49,52)(H,55,56,57)/b18-17-,37-35+/t41?,42-,43?,45+,46?,47+,48-/m1/s1. The van der Waals surface area contributed by atoms with E-state index in [1.807, 2.05) is 6.08 Å². The molecule has 3 unspecified atom stereocenters. The normalized spacial score (nSPS) is 20.8. The summed E-state index contributed by atoms with van der Waals surface area (Å²) in [6, 6.07) is -0.941. The predicted octanol–water partition coefficient (Wildman–Crippen LogP) is 10.1. The molecular weight excluding hydrogens is 799 g/mol. The molecule has 12 nitrogen and oxygen atoms in total. The fourth-order valence-electron chi connectivity index (χ4n) is 7.86. The van der Waals surface area contributed by atoms with Gasteiger partial charge in [-0.05, 0) is 44.9 Å². The molecule has 7 atom stereocenters. The lowest BCUT2D eigenvalue weighted by molar-refractivity contribution is -0.298. The van der Waals surface area contributed by atoms with Crippen LogP contribution in [0.4, 0.5) is 0 Å². The minimum Gasteiger partial charge on any atom is -0.394 e. The summed E-state index contributed by atoms with van der Waals surface area (Å²) in [5.41, 5.74) is 0. The molecule has 1 heterocycles. The Morgan fingerprint density at radius 2 is 1.05 bits per heavy atom. The van der Waals surface area contributed by atoms with Crippen molar-refractivity contribution in [1.82, 2.24) is 5.32 Å². The molecule has 1 amide bonds. The quantitative estimate of drug-likeness (QED) is 0.0194. The number of hydrogen-bond donors (Lipinski definition) is 6. The summed E-state index contributed by atoms with van der Waals surface area (Å²) < 4.78 is 47.6. The molecule has 360 valence electrons. The highest BCUT2D eigenvalue weighted by Gasteiger charge is 2.48. The Kier molecular flexibility index (Phi) is 36.8. The van der Waals surface area contributed by atoms with Crippen molar-refractivity contribution in [2.75, 3.05) is 13.2 Å². The summed E-state index contributed by atoms with van der Waals surface area (Å²) in [5.74, 6) is -0.263. The molecular formula is C48H91NO11S. The Labute approximate surface area is 372 Å². The van der Waals surface area contributed by atoms with Gasteiger partial charge >= 0.3 is 10.4 Å². The van der Waals surface area contributed by atoms with E-state index in [0.717, 1.165) is 38.5 Å². The average molecular weight is 890 g/mol. The zero-order chi connectivity index (χ0) is 44.8. The molecule has 1 saturated heterocycles. The number of aliphatic hydroxyl groups excluding tert-OH is 4. The smallest absolute Gasteiger partial charge is 0.394 e. The number of rotatable bonds is 42. The summed E-state index contributed by atoms with van der Waals surface area (Å²) in [6.07, 6.45) is 36.4. The second-order valence-electron chi connectivity index (χ2n) is 17.4. The van der Waals surface area contributed by atoms with Gasteiger partial charge in [-0.1, -0.05) is 192 Å².